The van der Waals surface area contributed by atoms with E-state index < -0.39 is 0 Å². The number of aliphatic hydroxyl groups excluding tert-OH is 1. The van der Waals surface area contributed by atoms with Crippen LogP contribution in [0.1, 0.15) is 30.0 Å². The van der Waals surface area contributed by atoms with Crippen LogP contribution in [0.4, 0.5) is 4.79 Å². The van der Waals surface area contributed by atoms with Crippen LogP contribution in [0.2, 0.25) is 0 Å². The van der Waals surface area contributed by atoms with Crippen LogP contribution in [-0.2, 0) is 11.2 Å². The zero-order valence-electron chi connectivity index (χ0n) is 10.6. The summed E-state index contributed by atoms with van der Waals surface area (Å²) in [6, 6.07) is 8.32. The number of fused-ring (bicyclic) bond motifs is 1. The molecule has 1 aliphatic carbocycles. The second-order valence-corrected chi connectivity index (χ2v) is 4.56. The number of aliphatic hydroxyl groups is 1. The maximum absolute atomic E-state index is 11.8. The van der Waals surface area contributed by atoms with Crippen molar-refractivity contribution in [1.29, 1.82) is 0 Å². The minimum Gasteiger partial charge on any atom is -0.447 e. The summed E-state index contributed by atoms with van der Waals surface area (Å²) in [6.45, 7) is -0.0849. The number of rotatable bonds is 3. The largest absolute Gasteiger partial charge is 0.447 e. The SMILES string of the molecule is CN(C(=O)OCCO)C1CCCc2ccccc21. The Morgan fingerprint density at radius 2 is 2.28 bits per heavy atom. The Balaban J connectivity index is 2.12. The summed E-state index contributed by atoms with van der Waals surface area (Å²) in [5.74, 6) is 0. The lowest BCUT2D eigenvalue weighted by molar-refractivity contribution is 0.0771. The van der Waals surface area contributed by atoms with Gasteiger partial charge in [-0.15, -0.1) is 0 Å². The number of hydrogen-bond donors (Lipinski definition) is 1. The van der Waals surface area contributed by atoms with Gasteiger partial charge in [-0.05, 0) is 30.4 Å². The van der Waals surface area contributed by atoms with Gasteiger partial charge in [0.25, 0.3) is 0 Å². The van der Waals surface area contributed by atoms with Gasteiger partial charge in [-0.25, -0.2) is 4.79 Å². The maximum Gasteiger partial charge on any atom is 0.410 e. The van der Waals surface area contributed by atoms with Crippen LogP contribution in [0.3, 0.4) is 0 Å². The van der Waals surface area contributed by atoms with Gasteiger partial charge in [-0.2, -0.15) is 0 Å². The topological polar surface area (TPSA) is 49.8 Å². The average molecular weight is 249 g/mol. The van der Waals surface area contributed by atoms with Crippen molar-refractivity contribution < 1.29 is 14.6 Å². The maximum atomic E-state index is 11.8. The molecule has 1 aliphatic rings. The Bertz CT molecular complexity index is 419. The van der Waals surface area contributed by atoms with Crippen LogP contribution >= 0.6 is 0 Å². The first-order valence-electron chi connectivity index (χ1n) is 6.32. The number of ether oxygens (including phenoxy) is 1. The molecule has 1 aromatic rings. The molecule has 0 saturated heterocycles. The summed E-state index contributed by atoms with van der Waals surface area (Å²) >= 11 is 0. The molecule has 2 rings (SSSR count). The fourth-order valence-corrected chi connectivity index (χ4v) is 2.49. The number of hydrogen-bond acceptors (Lipinski definition) is 3. The van der Waals surface area contributed by atoms with E-state index in [0.29, 0.717) is 0 Å². The molecular weight excluding hydrogens is 230 g/mol. The van der Waals surface area contributed by atoms with Gasteiger partial charge < -0.3 is 14.7 Å². The molecule has 0 fully saturated rings. The lowest BCUT2D eigenvalue weighted by Gasteiger charge is -2.32. The molecule has 1 N–H and O–H groups in total. The molecule has 0 heterocycles. The van der Waals surface area contributed by atoms with E-state index in [1.165, 1.54) is 11.1 Å². The summed E-state index contributed by atoms with van der Waals surface area (Å²) in [5, 5.41) is 8.67. The molecule has 1 aromatic carbocycles. The number of aryl methyl sites for hydroxylation is 1. The van der Waals surface area contributed by atoms with Gasteiger partial charge >= 0.3 is 6.09 Å². The van der Waals surface area contributed by atoms with Gasteiger partial charge in [0.15, 0.2) is 0 Å². The summed E-state index contributed by atoms with van der Waals surface area (Å²) in [5.41, 5.74) is 2.53. The van der Waals surface area contributed by atoms with Gasteiger partial charge in [0.05, 0.1) is 12.6 Å². The van der Waals surface area contributed by atoms with Crippen LogP contribution in [0.25, 0.3) is 0 Å². The van der Waals surface area contributed by atoms with Crippen molar-refractivity contribution >= 4 is 6.09 Å². The summed E-state index contributed by atoms with van der Waals surface area (Å²) in [7, 11) is 1.76. The van der Waals surface area contributed by atoms with Gasteiger partial charge in [0.2, 0.25) is 0 Å². The lowest BCUT2D eigenvalue weighted by atomic mass is 9.87. The number of amides is 1. The molecule has 4 nitrogen and oxygen atoms in total. The summed E-state index contributed by atoms with van der Waals surface area (Å²) in [6.07, 6.45) is 2.75. The molecule has 0 bridgehead atoms. The minimum absolute atomic E-state index is 0.0531. The second kappa shape index (κ2) is 5.87. The summed E-state index contributed by atoms with van der Waals surface area (Å²) < 4.78 is 4.96. The third-order valence-electron chi connectivity index (χ3n) is 3.41. The quantitative estimate of drug-likeness (QED) is 0.892. The monoisotopic (exact) mass is 249 g/mol. The highest BCUT2D eigenvalue weighted by Gasteiger charge is 2.27. The van der Waals surface area contributed by atoms with Crippen molar-refractivity contribution in [2.75, 3.05) is 20.3 Å². The molecule has 0 spiro atoms. The molecular formula is C14H19NO3. The average Bonchev–Trinajstić information content (AvgIpc) is 2.43. The molecule has 0 aromatic heterocycles. The van der Waals surface area contributed by atoms with Crippen LogP contribution < -0.4 is 0 Å². The van der Waals surface area contributed by atoms with Crippen molar-refractivity contribution in [3.8, 4) is 0 Å². The van der Waals surface area contributed by atoms with Crippen LogP contribution in [0.5, 0.6) is 0 Å². The van der Waals surface area contributed by atoms with Gasteiger partial charge in [-0.1, -0.05) is 24.3 Å². The van der Waals surface area contributed by atoms with Crippen molar-refractivity contribution in [3.05, 3.63) is 35.4 Å². The van der Waals surface area contributed by atoms with Crippen molar-refractivity contribution in [1.82, 2.24) is 4.90 Å². The van der Waals surface area contributed by atoms with Crippen LogP contribution in [0.15, 0.2) is 24.3 Å². The Hall–Kier alpha value is -1.55. The van der Waals surface area contributed by atoms with Gasteiger partial charge in [-0.3, -0.25) is 0 Å². The highest BCUT2D eigenvalue weighted by molar-refractivity contribution is 5.68. The van der Waals surface area contributed by atoms with Crippen molar-refractivity contribution in [2.24, 2.45) is 0 Å². The fourth-order valence-electron chi connectivity index (χ4n) is 2.49. The van der Waals surface area contributed by atoms with E-state index in [-0.39, 0.29) is 25.3 Å². The van der Waals surface area contributed by atoms with Crippen LogP contribution in [0, 0.1) is 0 Å². The molecule has 1 atom stereocenters. The molecule has 18 heavy (non-hydrogen) atoms. The molecule has 0 aliphatic heterocycles. The van der Waals surface area contributed by atoms with Crippen molar-refractivity contribution in [2.45, 2.75) is 25.3 Å². The van der Waals surface area contributed by atoms with E-state index in [1.807, 2.05) is 12.1 Å². The first-order valence-corrected chi connectivity index (χ1v) is 6.32. The first-order chi connectivity index (χ1) is 8.74. The third-order valence-corrected chi connectivity index (χ3v) is 3.41. The van der Waals surface area contributed by atoms with E-state index >= 15 is 0 Å². The Morgan fingerprint density at radius 3 is 3.06 bits per heavy atom. The zero-order chi connectivity index (χ0) is 13.0. The second-order valence-electron chi connectivity index (χ2n) is 4.56. The summed E-state index contributed by atoms with van der Waals surface area (Å²) in [4.78, 5) is 13.4. The molecule has 4 heteroatoms. The Labute approximate surface area is 107 Å². The lowest BCUT2D eigenvalue weighted by Crippen LogP contribution is -2.34. The van der Waals surface area contributed by atoms with E-state index in [9.17, 15) is 4.79 Å². The fraction of sp³-hybridized carbons (Fsp3) is 0.500. The predicted molar refractivity (Wildman–Crippen MR) is 68.3 cm³/mol. The molecule has 0 saturated carbocycles. The van der Waals surface area contributed by atoms with E-state index in [0.717, 1.165) is 19.3 Å². The van der Waals surface area contributed by atoms with Crippen LogP contribution in [-0.4, -0.2) is 36.4 Å². The predicted octanol–water partition coefficient (Wildman–Crippen LogP) is 2.12. The first kappa shape index (κ1) is 12.9. The standard InChI is InChI=1S/C14H19NO3/c1-15(14(17)18-10-9-16)13-8-4-6-11-5-2-3-7-12(11)13/h2-3,5,7,13,16H,4,6,8-10H2,1H3. The minimum atomic E-state index is -0.370. The third kappa shape index (κ3) is 2.64. The number of carbonyl (C=O) groups excluding carboxylic acids is 1. The van der Waals surface area contributed by atoms with E-state index in [4.69, 9.17) is 9.84 Å². The van der Waals surface area contributed by atoms with Gasteiger partial charge in [0.1, 0.15) is 6.61 Å². The van der Waals surface area contributed by atoms with E-state index in [1.54, 1.807) is 11.9 Å². The Kier molecular flexibility index (Phi) is 4.20. The molecule has 0 radical (unpaired) electrons. The van der Waals surface area contributed by atoms with Crippen molar-refractivity contribution in [3.63, 3.8) is 0 Å². The Morgan fingerprint density at radius 1 is 1.50 bits per heavy atom. The molecule has 1 unspecified atom stereocenters. The number of nitrogens with zero attached hydrogens (tertiary/aromatic N) is 1. The smallest absolute Gasteiger partial charge is 0.410 e. The number of carbonyl (C=O) groups is 1. The molecule has 1 amide bonds. The highest BCUT2D eigenvalue weighted by Crippen LogP contribution is 2.33. The number of benzene rings is 1. The van der Waals surface area contributed by atoms with E-state index in [2.05, 4.69) is 12.1 Å². The highest BCUT2D eigenvalue weighted by atomic mass is 16.6. The zero-order valence-corrected chi connectivity index (χ0v) is 10.6. The normalized spacial score (nSPS) is 18.0. The molecule has 98 valence electrons. The van der Waals surface area contributed by atoms with Gasteiger partial charge in [0, 0.05) is 7.05 Å².